The maximum absolute atomic E-state index is 13.0. The van der Waals surface area contributed by atoms with Gasteiger partial charge in [0.25, 0.3) is 6.43 Å². The molecule has 0 saturated carbocycles. The van der Waals surface area contributed by atoms with E-state index in [-0.39, 0.29) is 0 Å². The Kier molecular flexibility index (Phi) is 6.79. The lowest BCUT2D eigenvalue weighted by atomic mass is 10.0. The van der Waals surface area contributed by atoms with Gasteiger partial charge < -0.3 is 14.4 Å². The van der Waals surface area contributed by atoms with Crippen molar-refractivity contribution in [1.82, 2.24) is 4.90 Å². The van der Waals surface area contributed by atoms with Gasteiger partial charge in [-0.3, -0.25) is 0 Å². The fourth-order valence-electron chi connectivity index (χ4n) is 2.48. The third kappa shape index (κ3) is 4.94. The molecule has 0 atom stereocenters. The van der Waals surface area contributed by atoms with Crippen LogP contribution in [0.2, 0.25) is 0 Å². The van der Waals surface area contributed by atoms with Crippen LogP contribution in [0.25, 0.3) is 5.70 Å². The first kappa shape index (κ1) is 18.8. The first-order chi connectivity index (χ1) is 12.1. The highest BCUT2D eigenvalue weighted by Gasteiger charge is 2.23. The number of rotatable bonds is 8. The monoisotopic (exact) mass is 345 g/mol. The van der Waals surface area contributed by atoms with Crippen LogP contribution in [0.15, 0.2) is 54.3 Å². The highest BCUT2D eigenvalue weighted by molar-refractivity contribution is 5.72. The first-order valence-electron chi connectivity index (χ1n) is 7.92. The summed E-state index contributed by atoms with van der Waals surface area (Å²) in [4.78, 5) is 1.45. The van der Waals surface area contributed by atoms with Crippen LogP contribution in [-0.4, -0.2) is 38.2 Å². The number of allylic oxidation sites excluding steroid dienone is 3. The zero-order chi connectivity index (χ0) is 18.2. The van der Waals surface area contributed by atoms with Gasteiger partial charge >= 0.3 is 0 Å². The zero-order valence-electron chi connectivity index (χ0n) is 14.2. The molecule has 5 heteroatoms. The van der Waals surface area contributed by atoms with Crippen LogP contribution >= 0.6 is 0 Å². The molecule has 1 heterocycles. The Bertz CT molecular complexity index is 699. The molecule has 132 valence electrons. The summed E-state index contributed by atoms with van der Waals surface area (Å²) < 4.78 is 36.5. The fraction of sp³-hybridized carbons (Fsp3) is 0.300. The molecule has 1 aromatic rings. The van der Waals surface area contributed by atoms with E-state index in [1.54, 1.807) is 19.3 Å². The fourth-order valence-corrected chi connectivity index (χ4v) is 2.48. The lowest BCUT2D eigenvalue weighted by Gasteiger charge is -2.31. The summed E-state index contributed by atoms with van der Waals surface area (Å²) in [5.41, 5.74) is 2.33. The van der Waals surface area contributed by atoms with Crippen molar-refractivity contribution in [3.63, 3.8) is 0 Å². The molecule has 0 radical (unpaired) electrons. The third-order valence-electron chi connectivity index (χ3n) is 3.72. The lowest BCUT2D eigenvalue weighted by Crippen LogP contribution is -2.29. The van der Waals surface area contributed by atoms with Crippen molar-refractivity contribution in [1.29, 1.82) is 0 Å². The van der Waals surface area contributed by atoms with Crippen molar-refractivity contribution in [2.45, 2.75) is 12.8 Å². The largest absolute Gasteiger partial charge is 0.494 e. The van der Waals surface area contributed by atoms with Crippen molar-refractivity contribution in [2.24, 2.45) is 0 Å². The second-order valence-electron chi connectivity index (χ2n) is 5.44. The maximum Gasteiger partial charge on any atom is 0.256 e. The van der Waals surface area contributed by atoms with E-state index < -0.39 is 13.0 Å². The number of ether oxygens (including phenoxy) is 2. The number of halogens is 2. The number of nitrogens with zero attached hydrogens (tertiary/aromatic N) is 1. The summed E-state index contributed by atoms with van der Waals surface area (Å²) in [6.07, 6.45) is 7.16. The quantitative estimate of drug-likeness (QED) is 0.523. The molecule has 0 fully saturated rings. The highest BCUT2D eigenvalue weighted by atomic mass is 19.3. The zero-order valence-corrected chi connectivity index (χ0v) is 14.2. The molecule has 1 aromatic carbocycles. The van der Waals surface area contributed by atoms with Crippen LogP contribution in [0.1, 0.15) is 12.0 Å². The lowest BCUT2D eigenvalue weighted by molar-refractivity contribution is 0.123. The number of benzene rings is 1. The van der Waals surface area contributed by atoms with Crippen molar-refractivity contribution < 1.29 is 18.3 Å². The minimum absolute atomic E-state index is 0.403. The average molecular weight is 345 g/mol. The van der Waals surface area contributed by atoms with Gasteiger partial charge in [0.05, 0.1) is 13.2 Å². The van der Waals surface area contributed by atoms with E-state index in [2.05, 4.69) is 12.5 Å². The molecule has 0 unspecified atom stereocenters. The van der Waals surface area contributed by atoms with Gasteiger partial charge in [-0.25, -0.2) is 8.78 Å². The Morgan fingerprint density at radius 1 is 1.20 bits per heavy atom. The van der Waals surface area contributed by atoms with Gasteiger partial charge in [0.2, 0.25) is 0 Å². The number of hydrogen-bond acceptors (Lipinski definition) is 3. The van der Waals surface area contributed by atoms with Crippen molar-refractivity contribution in [3.05, 3.63) is 59.8 Å². The van der Waals surface area contributed by atoms with Gasteiger partial charge in [-0.1, -0.05) is 12.5 Å². The molecule has 0 spiro atoms. The van der Waals surface area contributed by atoms with Crippen LogP contribution < -0.4 is 4.74 Å². The van der Waals surface area contributed by atoms with Crippen molar-refractivity contribution in [2.75, 3.05) is 26.9 Å². The minimum atomic E-state index is -2.50. The SMILES string of the molecule is C#CC1=CC=C(c2ccc(OCCCOC)cc2)N(CC(F)F)C1=C. The van der Waals surface area contributed by atoms with Crippen LogP contribution in [-0.2, 0) is 4.74 Å². The molecule has 0 N–H and O–H groups in total. The van der Waals surface area contributed by atoms with E-state index in [1.807, 2.05) is 24.3 Å². The molecular weight excluding hydrogens is 324 g/mol. The molecule has 1 aliphatic rings. The number of hydrogen-bond donors (Lipinski definition) is 0. The number of alkyl halides is 2. The van der Waals surface area contributed by atoms with Crippen molar-refractivity contribution in [3.8, 4) is 18.1 Å². The predicted molar refractivity (Wildman–Crippen MR) is 95.2 cm³/mol. The number of terminal acetylenes is 1. The standard InChI is InChI=1S/C20H21F2NO2/c1-4-16-8-11-19(23(15(16)2)14-20(21)22)17-6-9-18(10-7-17)25-13-5-12-24-3/h1,6-11,20H,2,5,12-14H2,3H3. The second-order valence-corrected chi connectivity index (χ2v) is 5.44. The van der Waals surface area contributed by atoms with Gasteiger partial charge in [0, 0.05) is 37.1 Å². The van der Waals surface area contributed by atoms with Crippen LogP contribution in [0, 0.1) is 12.3 Å². The molecule has 0 saturated heterocycles. The van der Waals surface area contributed by atoms with Gasteiger partial charge in [-0.15, -0.1) is 6.42 Å². The summed E-state index contributed by atoms with van der Waals surface area (Å²) in [6, 6.07) is 7.29. The Morgan fingerprint density at radius 2 is 1.92 bits per heavy atom. The summed E-state index contributed by atoms with van der Waals surface area (Å²) in [5, 5.41) is 0. The molecule has 0 aliphatic carbocycles. The summed E-state index contributed by atoms with van der Waals surface area (Å²) in [7, 11) is 1.64. The molecular formula is C20H21F2NO2. The van der Waals surface area contributed by atoms with E-state index >= 15 is 0 Å². The average Bonchev–Trinajstić information content (AvgIpc) is 2.61. The Morgan fingerprint density at radius 3 is 2.52 bits per heavy atom. The Balaban J connectivity index is 2.17. The van der Waals surface area contributed by atoms with Crippen molar-refractivity contribution >= 4 is 5.70 Å². The molecule has 2 rings (SSSR count). The van der Waals surface area contributed by atoms with E-state index in [9.17, 15) is 8.78 Å². The Labute approximate surface area is 147 Å². The van der Waals surface area contributed by atoms with E-state index in [0.717, 1.165) is 17.7 Å². The van der Waals surface area contributed by atoms with Gasteiger partial charge in [0.1, 0.15) is 5.75 Å². The molecule has 3 nitrogen and oxygen atoms in total. The second kappa shape index (κ2) is 9.05. The summed E-state index contributed by atoms with van der Waals surface area (Å²) in [6.45, 7) is 4.59. The topological polar surface area (TPSA) is 21.7 Å². The van der Waals surface area contributed by atoms with Gasteiger partial charge in [0.15, 0.2) is 0 Å². The predicted octanol–water partition coefficient (Wildman–Crippen LogP) is 4.10. The minimum Gasteiger partial charge on any atom is -0.494 e. The van der Waals surface area contributed by atoms with Crippen LogP contribution in [0.3, 0.4) is 0 Å². The highest BCUT2D eigenvalue weighted by Crippen LogP contribution is 2.32. The molecule has 0 aromatic heterocycles. The number of methoxy groups -OCH3 is 1. The van der Waals surface area contributed by atoms with Crippen LogP contribution in [0.4, 0.5) is 8.78 Å². The van der Waals surface area contributed by atoms with E-state index in [4.69, 9.17) is 15.9 Å². The molecule has 0 amide bonds. The first-order valence-corrected chi connectivity index (χ1v) is 7.92. The van der Waals surface area contributed by atoms with Gasteiger partial charge in [-0.05, 0) is 42.0 Å². The summed E-state index contributed by atoms with van der Waals surface area (Å²) in [5.74, 6) is 3.19. The van der Waals surface area contributed by atoms with E-state index in [0.29, 0.717) is 30.2 Å². The Hall–Kier alpha value is -2.58. The normalized spacial score (nSPS) is 14.2. The molecule has 1 aliphatic heterocycles. The van der Waals surface area contributed by atoms with Gasteiger partial charge in [-0.2, -0.15) is 0 Å². The smallest absolute Gasteiger partial charge is 0.256 e. The van der Waals surface area contributed by atoms with E-state index in [1.165, 1.54) is 4.90 Å². The third-order valence-corrected chi connectivity index (χ3v) is 3.72. The summed E-state index contributed by atoms with van der Waals surface area (Å²) >= 11 is 0. The molecule has 25 heavy (non-hydrogen) atoms. The maximum atomic E-state index is 13.0. The van der Waals surface area contributed by atoms with Crippen LogP contribution in [0.5, 0.6) is 5.75 Å². The molecule has 0 bridgehead atoms.